The highest BCUT2D eigenvalue weighted by molar-refractivity contribution is 5.82. The second-order valence-electron chi connectivity index (χ2n) is 3.63. The fourth-order valence-electron chi connectivity index (χ4n) is 1.32. The normalized spacial score (nSPS) is 26.1. The van der Waals surface area contributed by atoms with Crippen LogP contribution >= 0.6 is 0 Å². The zero-order valence-corrected chi connectivity index (χ0v) is 8.22. The second kappa shape index (κ2) is 4.96. The smallest absolute Gasteiger partial charge is 0.324 e. The Morgan fingerprint density at radius 2 is 2.19 bits per heavy atom. The lowest BCUT2D eigenvalue weighted by atomic mass is 10.2. The van der Waals surface area contributed by atoms with E-state index in [1.165, 1.54) is 0 Å². The molecular weight excluding hydrogens is 232 g/mol. The van der Waals surface area contributed by atoms with Gasteiger partial charge in [-0.3, -0.25) is 4.79 Å². The summed E-state index contributed by atoms with van der Waals surface area (Å²) in [5.74, 6) is -5.04. The van der Waals surface area contributed by atoms with Crippen molar-refractivity contribution in [3.63, 3.8) is 0 Å². The van der Waals surface area contributed by atoms with Crippen LogP contribution in [-0.4, -0.2) is 48.6 Å². The van der Waals surface area contributed by atoms with Gasteiger partial charge in [0.25, 0.3) is 0 Å². The number of rotatable bonds is 4. The number of halogens is 4. The molecular formula is C8H12F4N2O2. The third-order valence-corrected chi connectivity index (χ3v) is 2.24. The summed E-state index contributed by atoms with van der Waals surface area (Å²) < 4.78 is 48.4. The fraction of sp³-hybridized carbons (Fsp3) is 0.875. The molecule has 1 heterocycles. The van der Waals surface area contributed by atoms with Crippen LogP contribution in [0, 0.1) is 0 Å². The van der Waals surface area contributed by atoms with Gasteiger partial charge in [-0.2, -0.15) is 8.78 Å². The van der Waals surface area contributed by atoms with E-state index in [1.807, 2.05) is 0 Å². The van der Waals surface area contributed by atoms with Gasteiger partial charge in [0, 0.05) is 6.54 Å². The highest BCUT2D eigenvalue weighted by Gasteiger charge is 2.41. The number of hydrogen-bond acceptors (Lipinski definition) is 3. The van der Waals surface area contributed by atoms with Gasteiger partial charge in [-0.15, -0.1) is 0 Å². The summed E-state index contributed by atoms with van der Waals surface area (Å²) in [6, 6.07) is -0.802. The maximum atomic E-state index is 12.4. The molecule has 2 unspecified atom stereocenters. The number of alkyl halides is 4. The van der Waals surface area contributed by atoms with Crippen molar-refractivity contribution in [2.24, 2.45) is 0 Å². The van der Waals surface area contributed by atoms with E-state index >= 15 is 0 Å². The molecule has 1 aliphatic rings. The SMILES string of the molecule is O=C(NCC(F)(F)C(F)F)C1CC(O)CN1. The highest BCUT2D eigenvalue weighted by atomic mass is 19.3. The van der Waals surface area contributed by atoms with Crippen molar-refractivity contribution >= 4 is 5.91 Å². The topological polar surface area (TPSA) is 61.4 Å². The van der Waals surface area contributed by atoms with Crippen molar-refractivity contribution < 1.29 is 27.5 Å². The number of β-amino-alcohol motifs (C(OH)–C–C–N with tert-alkyl or cyclic N) is 1. The average molecular weight is 244 g/mol. The Morgan fingerprint density at radius 1 is 1.56 bits per heavy atom. The van der Waals surface area contributed by atoms with Gasteiger partial charge in [-0.1, -0.05) is 0 Å². The molecule has 1 aliphatic heterocycles. The number of carbonyl (C=O) groups is 1. The van der Waals surface area contributed by atoms with Gasteiger partial charge in [0.2, 0.25) is 5.91 Å². The van der Waals surface area contributed by atoms with E-state index in [4.69, 9.17) is 5.11 Å². The third kappa shape index (κ3) is 3.31. The lowest BCUT2D eigenvalue weighted by Gasteiger charge is -2.17. The van der Waals surface area contributed by atoms with E-state index < -0.39 is 36.9 Å². The predicted octanol–water partition coefficient (Wildman–Crippen LogP) is -0.274. The molecule has 2 atom stereocenters. The van der Waals surface area contributed by atoms with Crippen molar-refractivity contribution in [1.82, 2.24) is 10.6 Å². The molecule has 4 nitrogen and oxygen atoms in total. The Kier molecular flexibility index (Phi) is 4.09. The Labute approximate surface area is 89.0 Å². The molecule has 0 radical (unpaired) electrons. The molecule has 8 heteroatoms. The van der Waals surface area contributed by atoms with Crippen LogP contribution in [-0.2, 0) is 4.79 Å². The second-order valence-corrected chi connectivity index (χ2v) is 3.63. The fourth-order valence-corrected chi connectivity index (χ4v) is 1.32. The Balaban J connectivity index is 2.35. The summed E-state index contributed by atoms with van der Waals surface area (Å²) in [6.45, 7) is -1.22. The summed E-state index contributed by atoms with van der Waals surface area (Å²) in [5.41, 5.74) is 0. The van der Waals surface area contributed by atoms with Crippen LogP contribution in [0.3, 0.4) is 0 Å². The number of carbonyl (C=O) groups excluding carboxylic acids is 1. The van der Waals surface area contributed by atoms with Crippen LogP contribution in [0.15, 0.2) is 0 Å². The van der Waals surface area contributed by atoms with E-state index in [-0.39, 0.29) is 13.0 Å². The zero-order valence-electron chi connectivity index (χ0n) is 8.22. The van der Waals surface area contributed by atoms with Crippen LogP contribution in [0.2, 0.25) is 0 Å². The molecule has 0 aromatic rings. The molecule has 1 rings (SSSR count). The van der Waals surface area contributed by atoms with Crippen molar-refractivity contribution in [2.75, 3.05) is 13.1 Å². The van der Waals surface area contributed by atoms with E-state index in [0.717, 1.165) is 0 Å². The molecule has 0 saturated carbocycles. The number of hydrogen-bond donors (Lipinski definition) is 3. The third-order valence-electron chi connectivity index (χ3n) is 2.24. The molecule has 16 heavy (non-hydrogen) atoms. The molecule has 1 fully saturated rings. The first-order valence-electron chi connectivity index (χ1n) is 4.68. The van der Waals surface area contributed by atoms with Gasteiger partial charge in [-0.25, -0.2) is 8.78 Å². The lowest BCUT2D eigenvalue weighted by Crippen LogP contribution is -2.47. The Bertz CT molecular complexity index is 262. The van der Waals surface area contributed by atoms with Gasteiger partial charge in [0.05, 0.1) is 18.7 Å². The number of aliphatic hydroxyl groups excluding tert-OH is 1. The summed E-state index contributed by atoms with van der Waals surface area (Å²) in [6.07, 6.45) is -4.44. The van der Waals surface area contributed by atoms with Crippen molar-refractivity contribution in [3.05, 3.63) is 0 Å². The number of aliphatic hydroxyl groups is 1. The van der Waals surface area contributed by atoms with Crippen LogP contribution in [0.25, 0.3) is 0 Å². The Morgan fingerprint density at radius 3 is 2.62 bits per heavy atom. The first-order chi connectivity index (χ1) is 7.33. The van der Waals surface area contributed by atoms with Crippen LogP contribution in [0.4, 0.5) is 17.6 Å². The molecule has 3 N–H and O–H groups in total. The zero-order chi connectivity index (χ0) is 12.3. The highest BCUT2D eigenvalue weighted by Crippen LogP contribution is 2.21. The first kappa shape index (κ1) is 13.2. The number of amides is 1. The van der Waals surface area contributed by atoms with Crippen LogP contribution < -0.4 is 10.6 Å². The van der Waals surface area contributed by atoms with Gasteiger partial charge >= 0.3 is 12.3 Å². The predicted molar refractivity (Wildman–Crippen MR) is 46.4 cm³/mol. The Hall–Kier alpha value is -0.890. The molecule has 0 aliphatic carbocycles. The van der Waals surface area contributed by atoms with Crippen molar-refractivity contribution in [1.29, 1.82) is 0 Å². The van der Waals surface area contributed by atoms with Crippen molar-refractivity contribution in [2.45, 2.75) is 30.9 Å². The molecule has 0 aromatic carbocycles. The molecule has 94 valence electrons. The maximum absolute atomic E-state index is 12.4. The maximum Gasteiger partial charge on any atom is 0.324 e. The molecule has 1 saturated heterocycles. The molecule has 1 amide bonds. The minimum absolute atomic E-state index is 0.0894. The standard InChI is InChI=1S/C8H12F4N2O2/c9-7(10)8(11,12)3-14-6(16)5-1-4(15)2-13-5/h4-5,7,13,15H,1-3H2,(H,14,16). The van der Waals surface area contributed by atoms with Gasteiger partial charge in [0.1, 0.15) is 0 Å². The van der Waals surface area contributed by atoms with E-state index in [0.29, 0.717) is 0 Å². The average Bonchev–Trinajstić information content (AvgIpc) is 2.61. The van der Waals surface area contributed by atoms with E-state index in [1.54, 1.807) is 5.32 Å². The van der Waals surface area contributed by atoms with Crippen molar-refractivity contribution in [3.8, 4) is 0 Å². The van der Waals surface area contributed by atoms with E-state index in [9.17, 15) is 22.4 Å². The summed E-state index contributed by atoms with van der Waals surface area (Å²) in [7, 11) is 0. The van der Waals surface area contributed by atoms with Gasteiger partial charge in [-0.05, 0) is 6.42 Å². The summed E-state index contributed by atoms with van der Waals surface area (Å²) in [4.78, 5) is 11.2. The quantitative estimate of drug-likeness (QED) is 0.596. The summed E-state index contributed by atoms with van der Waals surface area (Å²) in [5, 5.41) is 13.4. The van der Waals surface area contributed by atoms with Crippen LogP contribution in [0.5, 0.6) is 0 Å². The number of nitrogens with one attached hydrogen (secondary N) is 2. The molecule has 0 bridgehead atoms. The minimum atomic E-state index is -4.23. The minimum Gasteiger partial charge on any atom is -0.392 e. The largest absolute Gasteiger partial charge is 0.392 e. The van der Waals surface area contributed by atoms with Crippen LogP contribution in [0.1, 0.15) is 6.42 Å². The summed E-state index contributed by atoms with van der Waals surface area (Å²) >= 11 is 0. The molecule has 0 spiro atoms. The van der Waals surface area contributed by atoms with Gasteiger partial charge in [0.15, 0.2) is 0 Å². The van der Waals surface area contributed by atoms with E-state index in [2.05, 4.69) is 5.32 Å². The monoisotopic (exact) mass is 244 g/mol. The van der Waals surface area contributed by atoms with Gasteiger partial charge < -0.3 is 15.7 Å². The molecule has 0 aromatic heterocycles. The lowest BCUT2D eigenvalue weighted by molar-refractivity contribution is -0.137. The first-order valence-corrected chi connectivity index (χ1v) is 4.68.